The Labute approximate surface area is 157 Å². The Balaban J connectivity index is -0.0000000752. The predicted octanol–water partition coefficient (Wildman–Crippen LogP) is -9.30. The first kappa shape index (κ1) is 36.3. The minimum Gasteiger partial charge on any atom is -0.402 e. The summed E-state index contributed by atoms with van der Waals surface area (Å²) in [6, 6.07) is 3.55. The maximum atomic E-state index is 12.0. The van der Waals surface area contributed by atoms with Crippen LogP contribution in [0.25, 0.3) is 0 Å². The Morgan fingerprint density at radius 2 is 0.692 bits per heavy atom. The molecule has 1 rings (SSSR count). The van der Waals surface area contributed by atoms with Crippen molar-refractivity contribution in [3.8, 4) is 0 Å². The summed E-state index contributed by atoms with van der Waals surface area (Å²) in [5, 5.41) is 86.0. The number of hydrogen-bond acceptors (Lipinski definition) is 12. The van der Waals surface area contributed by atoms with E-state index in [9.17, 15) is 13.2 Å². The fourth-order valence-electron chi connectivity index (χ4n) is 0.429. The van der Waals surface area contributed by atoms with Crippen molar-refractivity contribution in [2.45, 2.75) is 0 Å². The van der Waals surface area contributed by atoms with Crippen LogP contribution in [0.5, 0.6) is 0 Å². The van der Waals surface area contributed by atoms with Gasteiger partial charge in [0.1, 0.15) is 0 Å². The van der Waals surface area contributed by atoms with Gasteiger partial charge in [0.25, 0.3) is 0 Å². The summed E-state index contributed by atoms with van der Waals surface area (Å²) < 4.78 is 35.8. The molecule has 0 fully saturated rings. The number of rotatable bonds is 0. The minimum absolute atomic E-state index is 0. The molecule has 12 N–H and O–H groups in total. The van der Waals surface area contributed by atoms with E-state index in [0.717, 1.165) is 12.1 Å². The van der Waals surface area contributed by atoms with Crippen LogP contribution in [0.3, 0.4) is 0 Å². The van der Waals surface area contributed by atoms with E-state index in [1.165, 1.54) is 0 Å². The van der Waals surface area contributed by atoms with Crippen molar-refractivity contribution < 1.29 is 92.3 Å². The third kappa shape index (κ3) is 65.4. The molecule has 0 amide bonds. The molecule has 0 spiro atoms. The zero-order valence-electron chi connectivity index (χ0n) is 13.0. The van der Waals surface area contributed by atoms with E-state index in [0.29, 0.717) is 0 Å². The smallest absolute Gasteiger partial charge is 0.402 e. The third-order valence-electron chi connectivity index (χ3n) is 0.839. The average Bonchev–Trinajstić information content (AvgIpc) is 2.33. The molecule has 26 heavy (non-hydrogen) atoms. The van der Waals surface area contributed by atoms with Gasteiger partial charge in [-0.3, -0.25) is 8.78 Å². The average molecular weight is 385 g/mol. The molecule has 0 saturated heterocycles. The summed E-state index contributed by atoms with van der Waals surface area (Å²) in [4.78, 5) is 0. The van der Waals surface area contributed by atoms with Gasteiger partial charge in [0.2, 0.25) is 0 Å². The van der Waals surface area contributed by atoms with Crippen molar-refractivity contribution in [1.29, 1.82) is 0 Å². The molecule has 20 heteroatoms. The molecule has 0 radical (unpaired) electrons. The van der Waals surface area contributed by atoms with E-state index in [1.54, 1.807) is 0 Å². The number of hydrogen-bond donors (Lipinski definition) is 12. The molecule has 0 unspecified atom stereocenters. The maximum absolute atomic E-state index is 12.0. The zero-order valence-corrected chi connectivity index (χ0v) is 13.0. The minimum atomic E-state index is -2.17. The normalized spacial score (nSPS) is 7.50. The largest absolute Gasteiger partial charge is 1.00 e. The van der Waals surface area contributed by atoms with Crippen LogP contribution in [0.1, 0.15) is 0 Å². The van der Waals surface area contributed by atoms with Crippen molar-refractivity contribution in [2.75, 3.05) is 0 Å². The molecule has 0 aliphatic carbocycles. The van der Waals surface area contributed by atoms with Gasteiger partial charge in [0.15, 0.2) is 0 Å². The molecule has 0 saturated carbocycles. The van der Waals surface area contributed by atoms with Gasteiger partial charge in [-0.1, -0.05) is 0 Å². The standard InChI is InChI=1S/C6H2F3.4BH3O3.Li/c7-4-2-1-3-5(8)6(4)9;4*2-1(3)4;/h2-3H;4*2-4H;/q-1;;;;;+1. The summed E-state index contributed by atoms with van der Waals surface area (Å²) in [5.74, 6) is -3.88. The molecule has 0 aliphatic rings. The molecular formula is C6H14B4F3LiO12. The first-order chi connectivity index (χ1) is 11.1. The van der Waals surface area contributed by atoms with Crippen molar-refractivity contribution >= 4 is 29.3 Å². The monoisotopic (exact) mass is 386 g/mol. The SMILES string of the molecule is Fc1c[c-]cc(F)c1F.OB(O)O.OB(O)O.OB(O)O.OB(O)O.[Li+]. The molecule has 12 nitrogen and oxygen atoms in total. The van der Waals surface area contributed by atoms with Crippen LogP contribution in [0.4, 0.5) is 13.2 Å². The van der Waals surface area contributed by atoms with Crippen LogP contribution in [-0.2, 0) is 0 Å². The van der Waals surface area contributed by atoms with E-state index in [4.69, 9.17) is 60.3 Å². The van der Waals surface area contributed by atoms with Gasteiger partial charge in [-0.2, -0.15) is 6.07 Å². The van der Waals surface area contributed by atoms with Crippen molar-refractivity contribution in [3.05, 3.63) is 35.7 Å². The van der Waals surface area contributed by atoms with Gasteiger partial charge in [-0.15, -0.1) is 12.1 Å². The van der Waals surface area contributed by atoms with E-state index < -0.39 is 46.7 Å². The Morgan fingerprint density at radius 1 is 0.538 bits per heavy atom. The topological polar surface area (TPSA) is 243 Å². The fraction of sp³-hybridized carbons (Fsp3) is 0. The van der Waals surface area contributed by atoms with Gasteiger partial charge >= 0.3 is 48.1 Å². The molecule has 144 valence electrons. The summed E-state index contributed by atoms with van der Waals surface area (Å²) in [7, 11) is -8.67. The Bertz CT molecular complexity index is 352. The van der Waals surface area contributed by atoms with Gasteiger partial charge < -0.3 is 60.3 Å². The molecule has 0 aliphatic heterocycles. The van der Waals surface area contributed by atoms with Crippen molar-refractivity contribution in [2.24, 2.45) is 0 Å². The number of halogens is 3. The van der Waals surface area contributed by atoms with Crippen LogP contribution in [0, 0.1) is 23.5 Å². The van der Waals surface area contributed by atoms with Crippen LogP contribution in [0.2, 0.25) is 0 Å². The molecule has 0 bridgehead atoms. The van der Waals surface area contributed by atoms with Crippen LogP contribution >= 0.6 is 0 Å². The van der Waals surface area contributed by atoms with E-state index >= 15 is 0 Å². The van der Waals surface area contributed by atoms with Gasteiger partial charge in [-0.05, 0) is 0 Å². The fourth-order valence-corrected chi connectivity index (χ4v) is 0.429. The molecule has 0 heterocycles. The molecule has 0 atom stereocenters. The quantitative estimate of drug-likeness (QED) is 0.113. The Hall–Kier alpha value is -0.613. The Kier molecular flexibility index (Phi) is 34.1. The zero-order chi connectivity index (χ0) is 21.2. The summed E-state index contributed by atoms with van der Waals surface area (Å²) in [6.45, 7) is 0. The second-order valence-corrected chi connectivity index (χ2v) is 2.85. The van der Waals surface area contributed by atoms with E-state index in [1.807, 2.05) is 0 Å². The molecule has 0 aromatic heterocycles. The van der Waals surface area contributed by atoms with Gasteiger partial charge in [-0.25, -0.2) is 4.39 Å². The summed E-state index contributed by atoms with van der Waals surface area (Å²) >= 11 is 0. The van der Waals surface area contributed by atoms with Crippen LogP contribution in [0.15, 0.2) is 12.1 Å². The third-order valence-corrected chi connectivity index (χ3v) is 0.839. The molecular weight excluding hydrogens is 371 g/mol. The predicted molar refractivity (Wildman–Crippen MR) is 74.8 cm³/mol. The van der Waals surface area contributed by atoms with Gasteiger partial charge in [0, 0.05) is 11.6 Å². The molecule has 1 aromatic carbocycles. The van der Waals surface area contributed by atoms with Crippen molar-refractivity contribution in [1.82, 2.24) is 0 Å². The maximum Gasteiger partial charge on any atom is 1.00 e. The second kappa shape index (κ2) is 24.4. The second-order valence-electron chi connectivity index (χ2n) is 2.85. The summed E-state index contributed by atoms with van der Waals surface area (Å²) in [5.41, 5.74) is 0. The van der Waals surface area contributed by atoms with Gasteiger partial charge in [0.05, 0.1) is 5.82 Å². The first-order valence-electron chi connectivity index (χ1n) is 5.32. The molecule has 1 aromatic rings. The first-order valence-corrected chi connectivity index (χ1v) is 5.32. The summed E-state index contributed by atoms with van der Waals surface area (Å²) in [6.07, 6.45) is 0. The van der Waals surface area contributed by atoms with E-state index in [-0.39, 0.29) is 18.9 Å². The number of benzene rings is 1. The van der Waals surface area contributed by atoms with Crippen molar-refractivity contribution in [3.63, 3.8) is 0 Å². The van der Waals surface area contributed by atoms with E-state index in [2.05, 4.69) is 6.07 Å². The van der Waals surface area contributed by atoms with Crippen LogP contribution in [-0.4, -0.2) is 89.6 Å². The van der Waals surface area contributed by atoms with Crippen LogP contribution < -0.4 is 18.9 Å². The Morgan fingerprint density at radius 3 is 0.808 bits per heavy atom.